The van der Waals surface area contributed by atoms with Gasteiger partial charge >= 0.3 is 5.97 Å². The van der Waals surface area contributed by atoms with E-state index >= 15 is 0 Å². The number of carbonyl (C=O) groups excluding carboxylic acids is 3. The minimum atomic E-state index is -1.03. The van der Waals surface area contributed by atoms with E-state index in [1.54, 1.807) is 39.0 Å². The number of nitrogens with two attached hydrogens (primary N) is 1. The van der Waals surface area contributed by atoms with Gasteiger partial charge in [-0.15, -0.1) is 22.7 Å². The quantitative estimate of drug-likeness (QED) is 0.0450. The van der Waals surface area contributed by atoms with Gasteiger partial charge in [0, 0.05) is 59.9 Å². The molecule has 6 aromatic rings. The molecule has 3 amide bonds. The number of rotatable bonds is 19. The number of benzene rings is 2. The van der Waals surface area contributed by atoms with Gasteiger partial charge in [-0.3, -0.25) is 14.4 Å². The van der Waals surface area contributed by atoms with Crippen LogP contribution < -0.4 is 31.2 Å². The summed E-state index contributed by atoms with van der Waals surface area (Å²) in [5.41, 5.74) is 8.28. The molecule has 2 aromatic carbocycles. The summed E-state index contributed by atoms with van der Waals surface area (Å²) in [6.45, 7) is 6.50. The van der Waals surface area contributed by atoms with Crippen molar-refractivity contribution in [3.05, 3.63) is 115 Å². The van der Waals surface area contributed by atoms with Crippen molar-refractivity contribution in [3.8, 4) is 32.6 Å². The highest BCUT2D eigenvalue weighted by atomic mass is 35.5. The fourth-order valence-electron chi connectivity index (χ4n) is 8.00. The molecule has 6 atom stereocenters. The summed E-state index contributed by atoms with van der Waals surface area (Å²) >= 11 is 15.4. The molecule has 0 saturated carbocycles. The lowest BCUT2D eigenvalue weighted by Crippen LogP contribution is -2.51. The third-order valence-corrected chi connectivity index (χ3v) is 15.4. The van der Waals surface area contributed by atoms with Crippen LogP contribution in [0.25, 0.3) is 21.1 Å². The van der Waals surface area contributed by atoms with Crippen molar-refractivity contribution in [2.24, 2.45) is 5.73 Å². The Morgan fingerprint density at radius 3 is 1.54 bits per heavy atom. The number of hydrogen-bond donors (Lipinski definition) is 9. The maximum absolute atomic E-state index is 14.0. The first kappa shape index (κ1) is 61.5. The Labute approximate surface area is 471 Å². The van der Waals surface area contributed by atoms with Crippen molar-refractivity contribution in [1.29, 1.82) is 0 Å². The van der Waals surface area contributed by atoms with Crippen molar-refractivity contribution in [2.45, 2.75) is 76.8 Å². The van der Waals surface area contributed by atoms with E-state index in [9.17, 15) is 43.3 Å². The number of hydrogen-bond acceptors (Lipinski definition) is 19. The first-order chi connectivity index (χ1) is 37.6. The molecule has 0 fully saturated rings. The number of methoxy groups -OCH3 is 2. The second kappa shape index (κ2) is 28.0. The number of carboxylic acid groups (broad SMARTS) is 1. The van der Waals surface area contributed by atoms with E-state index < -0.39 is 54.3 Å². The zero-order chi connectivity index (χ0) is 57.8. The fourth-order valence-corrected chi connectivity index (χ4v) is 10.8. The van der Waals surface area contributed by atoms with Crippen LogP contribution in [0.2, 0.25) is 10.0 Å². The molecule has 1 unspecified atom stereocenters. The fraction of sp³-hybridized carbons (Fsp3) is 0.385. The SMILES string of the molecule is CC(C(=O)O)N1CCc2sc(-c3nc(N[C@@H](C)CO)ncc3Cl)cc2C1=O.COc1cc(F)cc([C@@H](CO)NC(=O)[C@@H](C)N2CCc3sc(-c4nc(N[C@@H](C)CO)ncc4Cl)cc3C2=O)c1.COc1cc(F)cc([C@H](N)CO)c1. The molecule has 424 valence electrons. The summed E-state index contributed by atoms with van der Waals surface area (Å²) in [5.74, 6) is -1.83. The highest BCUT2D eigenvalue weighted by Gasteiger charge is 2.35. The molecule has 0 bridgehead atoms. The molecule has 0 aliphatic carbocycles. The Bertz CT molecular complexity index is 3140. The monoisotopic (exact) mass is 1170 g/mol. The molecule has 10 N–H and O–H groups in total. The second-order valence-electron chi connectivity index (χ2n) is 18.2. The van der Waals surface area contributed by atoms with E-state index in [4.69, 9.17) is 48.6 Å². The highest BCUT2D eigenvalue weighted by molar-refractivity contribution is 7.16. The van der Waals surface area contributed by atoms with E-state index in [1.807, 2.05) is 0 Å². The van der Waals surface area contributed by atoms with E-state index in [2.05, 4.69) is 35.9 Å². The summed E-state index contributed by atoms with van der Waals surface area (Å²) in [7, 11) is 2.84. The maximum atomic E-state index is 14.0. The van der Waals surface area contributed by atoms with Gasteiger partial charge in [0.2, 0.25) is 17.8 Å². The Morgan fingerprint density at radius 1 is 0.684 bits per heavy atom. The number of aliphatic carboxylic acids is 1. The molecule has 6 heterocycles. The Hall–Kier alpha value is -6.68. The van der Waals surface area contributed by atoms with Gasteiger partial charge in [-0.1, -0.05) is 23.2 Å². The topological polar surface area (TPSA) is 308 Å². The zero-order valence-corrected chi connectivity index (χ0v) is 46.8. The summed E-state index contributed by atoms with van der Waals surface area (Å²) in [4.78, 5) is 73.5. The number of aromatic nitrogens is 4. The van der Waals surface area contributed by atoms with E-state index in [1.165, 1.54) is 96.3 Å². The molecule has 0 radical (unpaired) electrons. The Balaban J connectivity index is 0.000000217. The van der Waals surface area contributed by atoms with Crippen molar-refractivity contribution >= 4 is 81.5 Å². The van der Waals surface area contributed by atoms with Crippen LogP contribution in [-0.4, -0.2) is 157 Å². The average Bonchev–Trinajstić information content (AvgIpc) is 4.28. The lowest BCUT2D eigenvalue weighted by Gasteiger charge is -2.32. The summed E-state index contributed by atoms with van der Waals surface area (Å²) in [6.07, 6.45) is 4.04. The van der Waals surface area contributed by atoms with Gasteiger partial charge < -0.3 is 66.5 Å². The number of nitrogens with zero attached hydrogens (tertiary/aromatic N) is 6. The number of thiophene rings is 2. The zero-order valence-electron chi connectivity index (χ0n) is 43.7. The molecule has 8 rings (SSSR count). The van der Waals surface area contributed by atoms with Gasteiger partial charge in [-0.2, -0.15) is 0 Å². The third-order valence-electron chi connectivity index (χ3n) is 12.5. The highest BCUT2D eigenvalue weighted by Crippen LogP contribution is 2.39. The van der Waals surface area contributed by atoms with Crippen LogP contribution in [-0.2, 0) is 22.4 Å². The number of halogens is 4. The number of carbonyl (C=O) groups is 4. The van der Waals surface area contributed by atoms with Gasteiger partial charge in [0.25, 0.3) is 11.8 Å². The Kier molecular flexibility index (Phi) is 21.8. The molecule has 27 heteroatoms. The molecule has 79 heavy (non-hydrogen) atoms. The number of fused-ring (bicyclic) bond motifs is 2. The smallest absolute Gasteiger partial charge is 0.326 e. The lowest BCUT2D eigenvalue weighted by atomic mass is 10.0. The first-order valence-corrected chi connectivity index (χ1v) is 26.9. The summed E-state index contributed by atoms with van der Waals surface area (Å²) in [5, 5.41) is 55.6. The van der Waals surface area contributed by atoms with E-state index in [-0.39, 0.29) is 49.5 Å². The van der Waals surface area contributed by atoms with Crippen LogP contribution in [0.4, 0.5) is 20.7 Å². The maximum Gasteiger partial charge on any atom is 0.326 e. The van der Waals surface area contributed by atoms with Gasteiger partial charge in [-0.05, 0) is 75.2 Å². The van der Waals surface area contributed by atoms with Crippen LogP contribution in [0.1, 0.15) is 81.4 Å². The van der Waals surface area contributed by atoms with Crippen LogP contribution in [0.15, 0.2) is 60.9 Å². The van der Waals surface area contributed by atoms with Gasteiger partial charge in [0.15, 0.2) is 0 Å². The van der Waals surface area contributed by atoms with Crippen LogP contribution >= 0.6 is 45.9 Å². The number of nitrogens with one attached hydrogen (secondary N) is 3. The van der Waals surface area contributed by atoms with Gasteiger partial charge in [0.05, 0.1) is 96.1 Å². The molecule has 0 spiro atoms. The summed E-state index contributed by atoms with van der Waals surface area (Å²) in [6, 6.07) is 7.84. The molecular formula is C52H60Cl2F2N10O11S2. The molecule has 0 saturated heterocycles. The van der Waals surface area contributed by atoms with Crippen molar-refractivity contribution in [3.63, 3.8) is 0 Å². The Morgan fingerprint density at radius 2 is 1.13 bits per heavy atom. The molecule has 2 aliphatic heterocycles. The standard InChI is InChI=1S/C26H29ClFN5O5S.C17H19ClN4O4S.C9H12FNO2/c1-13(11-34)30-26-29-10-19(27)23(32-26)22-9-18-21(39-22)4-5-33(25(18)37)14(2)24(36)31-20(12-35)15-6-16(28)8-17(7-15)38-3;1-8(7-23)20-17-19-6-11(18)14(21-17)13-5-10-12(27-13)3-4-22(15(10)24)9(2)16(25)26;1-13-8-3-6(9(11)5-12)2-7(10)4-8/h6-10,13-14,20,34-35H,4-5,11-12H2,1-3H3,(H,31,36)(H,29,30,32);5-6,8-9,23H,3-4,7H2,1-2H3,(H,25,26)(H,19,20,21);2-4,9,12H,5,11H2,1H3/t13-,14+,20+;8-,9?;9-/m001/s1. The average molecular weight is 1170 g/mol. The number of aliphatic hydroxyl groups is 4. The second-order valence-corrected chi connectivity index (χ2v) is 21.3. The number of ether oxygens (including phenoxy) is 2. The van der Waals surface area contributed by atoms with Crippen LogP contribution in [0.3, 0.4) is 0 Å². The summed E-state index contributed by atoms with van der Waals surface area (Å²) < 4.78 is 36.8. The van der Waals surface area contributed by atoms with Gasteiger partial charge in [-0.25, -0.2) is 33.5 Å². The lowest BCUT2D eigenvalue weighted by molar-refractivity contribution is -0.141. The minimum Gasteiger partial charge on any atom is -0.497 e. The van der Waals surface area contributed by atoms with Gasteiger partial charge in [0.1, 0.15) is 46.6 Å². The first-order valence-electron chi connectivity index (χ1n) is 24.5. The largest absolute Gasteiger partial charge is 0.497 e. The normalized spacial score (nSPS) is 15.1. The van der Waals surface area contributed by atoms with Crippen LogP contribution in [0.5, 0.6) is 11.5 Å². The number of amides is 3. The number of carboxylic acids is 1. The van der Waals surface area contributed by atoms with Crippen molar-refractivity contribution in [1.82, 2.24) is 35.1 Å². The predicted octanol–water partition coefficient (Wildman–Crippen LogP) is 5.98. The molecule has 21 nitrogen and oxygen atoms in total. The third kappa shape index (κ3) is 15.4. The van der Waals surface area contributed by atoms with E-state index in [0.717, 1.165) is 9.75 Å². The van der Waals surface area contributed by atoms with Crippen molar-refractivity contribution < 1.29 is 63.0 Å². The molecular weight excluding hydrogens is 1110 g/mol. The van der Waals surface area contributed by atoms with Crippen molar-refractivity contribution in [2.75, 3.05) is 64.4 Å². The molecule has 4 aromatic heterocycles. The number of aliphatic hydroxyl groups excluding tert-OH is 4. The minimum absolute atomic E-state index is 0.0687. The number of anilines is 2. The predicted molar refractivity (Wildman–Crippen MR) is 295 cm³/mol. The van der Waals surface area contributed by atoms with Crippen LogP contribution in [0, 0.1) is 11.6 Å². The van der Waals surface area contributed by atoms with E-state index in [0.29, 0.717) is 97.0 Å². The molecule has 2 aliphatic rings.